The molecule has 0 fully saturated rings. The molecule has 26 heavy (non-hydrogen) atoms. The average molecular weight is 345 g/mol. The van der Waals surface area contributed by atoms with Crippen molar-refractivity contribution in [3.8, 4) is 17.5 Å². The van der Waals surface area contributed by atoms with Crippen molar-refractivity contribution in [2.24, 2.45) is 4.99 Å². The maximum absolute atomic E-state index is 8.96. The molecule has 0 saturated carbocycles. The lowest BCUT2D eigenvalue weighted by molar-refractivity contribution is 0.572. The number of hydrogen-bond acceptors (Lipinski definition) is 4. The van der Waals surface area contributed by atoms with Gasteiger partial charge in [0.05, 0.1) is 23.9 Å². The lowest BCUT2D eigenvalue weighted by Gasteiger charge is -2.11. The van der Waals surface area contributed by atoms with Crippen molar-refractivity contribution in [1.29, 1.82) is 5.26 Å². The lowest BCUT2D eigenvalue weighted by atomic mass is 10.1. The summed E-state index contributed by atoms with van der Waals surface area (Å²) in [5.41, 5.74) is 3.39. The number of benzene rings is 2. The Morgan fingerprint density at radius 3 is 2.69 bits per heavy atom. The van der Waals surface area contributed by atoms with Crippen molar-refractivity contribution in [2.45, 2.75) is 13.1 Å². The number of guanidine groups is 1. The first-order chi connectivity index (χ1) is 12.8. The van der Waals surface area contributed by atoms with Crippen LogP contribution in [0.15, 0.2) is 70.3 Å². The van der Waals surface area contributed by atoms with E-state index in [1.165, 1.54) is 0 Å². The molecule has 0 bridgehead atoms. The first kappa shape index (κ1) is 17.2. The Morgan fingerprint density at radius 2 is 1.92 bits per heavy atom. The molecule has 2 N–H and O–H groups in total. The van der Waals surface area contributed by atoms with Crippen molar-refractivity contribution in [3.05, 3.63) is 77.7 Å². The Bertz CT molecular complexity index is 925. The number of aliphatic imine (C=N–C) groups is 1. The summed E-state index contributed by atoms with van der Waals surface area (Å²) in [6.07, 6.45) is 1.64. The molecule has 0 spiro atoms. The van der Waals surface area contributed by atoms with E-state index < -0.39 is 0 Å². The maximum atomic E-state index is 8.96. The van der Waals surface area contributed by atoms with E-state index in [2.05, 4.69) is 26.7 Å². The third-order valence-electron chi connectivity index (χ3n) is 3.75. The van der Waals surface area contributed by atoms with Crippen LogP contribution in [0.1, 0.15) is 16.8 Å². The minimum Gasteiger partial charge on any atom is -0.444 e. The summed E-state index contributed by atoms with van der Waals surface area (Å²) in [5.74, 6) is 1.25. The summed E-state index contributed by atoms with van der Waals surface area (Å²) >= 11 is 0. The van der Waals surface area contributed by atoms with E-state index in [0.717, 1.165) is 16.8 Å². The second kappa shape index (κ2) is 8.49. The van der Waals surface area contributed by atoms with E-state index in [1.54, 1.807) is 19.4 Å². The third kappa shape index (κ3) is 4.48. The lowest BCUT2D eigenvalue weighted by Crippen LogP contribution is -2.36. The van der Waals surface area contributed by atoms with E-state index >= 15 is 0 Å². The highest BCUT2D eigenvalue weighted by molar-refractivity contribution is 5.79. The maximum Gasteiger partial charge on any atom is 0.226 e. The van der Waals surface area contributed by atoms with Crippen molar-refractivity contribution < 1.29 is 4.42 Å². The van der Waals surface area contributed by atoms with Crippen LogP contribution < -0.4 is 10.6 Å². The summed E-state index contributed by atoms with van der Waals surface area (Å²) < 4.78 is 5.53. The van der Waals surface area contributed by atoms with Gasteiger partial charge in [0.1, 0.15) is 6.26 Å². The molecule has 0 radical (unpaired) electrons. The Hall–Kier alpha value is -3.59. The van der Waals surface area contributed by atoms with E-state index in [0.29, 0.717) is 30.5 Å². The van der Waals surface area contributed by atoms with Crippen LogP contribution in [0.4, 0.5) is 0 Å². The molecule has 0 aliphatic rings. The number of nitriles is 1. The van der Waals surface area contributed by atoms with Gasteiger partial charge in [0, 0.05) is 19.2 Å². The molecular formula is C20H19N5O. The van der Waals surface area contributed by atoms with Gasteiger partial charge in [-0.3, -0.25) is 4.99 Å². The van der Waals surface area contributed by atoms with Gasteiger partial charge in [0.15, 0.2) is 5.96 Å². The van der Waals surface area contributed by atoms with Crippen LogP contribution in [0.2, 0.25) is 0 Å². The topological polar surface area (TPSA) is 86.2 Å². The van der Waals surface area contributed by atoms with Crippen LogP contribution in [0.3, 0.4) is 0 Å². The summed E-state index contributed by atoms with van der Waals surface area (Å²) in [5, 5.41) is 15.4. The molecule has 1 heterocycles. The second-order valence-electron chi connectivity index (χ2n) is 5.60. The molecule has 0 amide bonds. The van der Waals surface area contributed by atoms with Crippen LogP contribution in [0.5, 0.6) is 0 Å². The van der Waals surface area contributed by atoms with Crippen molar-refractivity contribution >= 4 is 5.96 Å². The van der Waals surface area contributed by atoms with E-state index in [-0.39, 0.29) is 0 Å². The van der Waals surface area contributed by atoms with Gasteiger partial charge in [-0.2, -0.15) is 5.26 Å². The highest BCUT2D eigenvalue weighted by Gasteiger charge is 2.07. The Balaban J connectivity index is 1.54. The van der Waals surface area contributed by atoms with E-state index in [9.17, 15) is 0 Å². The molecule has 0 aliphatic heterocycles. The Kier molecular flexibility index (Phi) is 5.63. The van der Waals surface area contributed by atoms with Gasteiger partial charge in [-0.05, 0) is 29.8 Å². The standard InChI is InChI=1S/C20H19N5O/c1-22-20(23-12-16-7-5-6-15(10-16)11-21)24-13-18-14-26-19(25-18)17-8-3-2-4-9-17/h2-10,14H,12-13H2,1H3,(H2,22,23,24). The second-order valence-corrected chi connectivity index (χ2v) is 5.60. The third-order valence-corrected chi connectivity index (χ3v) is 3.75. The van der Waals surface area contributed by atoms with Gasteiger partial charge < -0.3 is 15.1 Å². The van der Waals surface area contributed by atoms with Gasteiger partial charge in [-0.15, -0.1) is 0 Å². The first-order valence-electron chi connectivity index (χ1n) is 8.22. The molecule has 0 atom stereocenters. The van der Waals surface area contributed by atoms with Crippen LogP contribution in [0.25, 0.3) is 11.5 Å². The largest absolute Gasteiger partial charge is 0.444 e. The summed E-state index contributed by atoms with van der Waals surface area (Å²) in [6, 6.07) is 19.4. The predicted molar refractivity (Wildman–Crippen MR) is 100 cm³/mol. The number of oxazole rings is 1. The molecule has 0 unspecified atom stereocenters. The number of rotatable bonds is 5. The monoisotopic (exact) mass is 345 g/mol. The number of aromatic nitrogens is 1. The molecular weight excluding hydrogens is 326 g/mol. The van der Waals surface area contributed by atoms with E-state index in [4.69, 9.17) is 9.68 Å². The molecule has 0 saturated heterocycles. The van der Waals surface area contributed by atoms with Crippen LogP contribution in [-0.2, 0) is 13.1 Å². The fourth-order valence-corrected chi connectivity index (χ4v) is 2.43. The molecule has 2 aromatic carbocycles. The smallest absolute Gasteiger partial charge is 0.226 e. The molecule has 6 nitrogen and oxygen atoms in total. The number of nitrogens with one attached hydrogen (secondary N) is 2. The zero-order valence-corrected chi connectivity index (χ0v) is 14.4. The zero-order chi connectivity index (χ0) is 18.2. The summed E-state index contributed by atoms with van der Waals surface area (Å²) in [6.45, 7) is 1.07. The van der Waals surface area contributed by atoms with Gasteiger partial charge in [0.2, 0.25) is 5.89 Å². The highest BCUT2D eigenvalue weighted by atomic mass is 16.3. The minimum atomic E-state index is 0.494. The molecule has 3 rings (SSSR count). The van der Waals surface area contributed by atoms with E-state index in [1.807, 2.05) is 48.5 Å². The van der Waals surface area contributed by atoms with Gasteiger partial charge in [-0.1, -0.05) is 30.3 Å². The minimum absolute atomic E-state index is 0.494. The predicted octanol–water partition coefficient (Wildman–Crippen LogP) is 3.08. The van der Waals surface area contributed by atoms with Crippen LogP contribution in [-0.4, -0.2) is 18.0 Å². The summed E-state index contributed by atoms with van der Waals surface area (Å²) in [7, 11) is 1.71. The van der Waals surface area contributed by atoms with Crippen molar-refractivity contribution in [3.63, 3.8) is 0 Å². The van der Waals surface area contributed by atoms with Gasteiger partial charge >= 0.3 is 0 Å². The van der Waals surface area contributed by atoms with Crippen LogP contribution >= 0.6 is 0 Å². The molecule has 0 aliphatic carbocycles. The Morgan fingerprint density at radius 1 is 1.12 bits per heavy atom. The van der Waals surface area contributed by atoms with Gasteiger partial charge in [-0.25, -0.2) is 4.98 Å². The van der Waals surface area contributed by atoms with Crippen molar-refractivity contribution in [2.75, 3.05) is 7.05 Å². The van der Waals surface area contributed by atoms with Crippen molar-refractivity contribution in [1.82, 2.24) is 15.6 Å². The highest BCUT2D eigenvalue weighted by Crippen LogP contribution is 2.17. The molecule has 1 aromatic heterocycles. The SMILES string of the molecule is CN=C(NCc1cccc(C#N)c1)NCc1coc(-c2ccccc2)n1. The molecule has 6 heteroatoms. The zero-order valence-electron chi connectivity index (χ0n) is 14.4. The molecule has 3 aromatic rings. The fraction of sp³-hybridized carbons (Fsp3) is 0.150. The molecule has 130 valence electrons. The Labute approximate surface area is 152 Å². The number of nitrogens with zero attached hydrogens (tertiary/aromatic N) is 3. The average Bonchev–Trinajstić information content (AvgIpc) is 3.18. The van der Waals surface area contributed by atoms with Gasteiger partial charge in [0.25, 0.3) is 0 Å². The quantitative estimate of drug-likeness (QED) is 0.548. The summed E-state index contributed by atoms with van der Waals surface area (Å²) in [4.78, 5) is 8.68. The normalized spacial score (nSPS) is 11.0. The number of hydrogen-bond donors (Lipinski definition) is 2. The first-order valence-corrected chi connectivity index (χ1v) is 8.22. The fourth-order valence-electron chi connectivity index (χ4n) is 2.43. The van der Waals surface area contributed by atoms with Crippen LogP contribution in [0, 0.1) is 11.3 Å².